The van der Waals surface area contributed by atoms with Crippen molar-refractivity contribution < 1.29 is 9.90 Å². The van der Waals surface area contributed by atoms with E-state index in [1.807, 2.05) is 0 Å². The van der Waals surface area contributed by atoms with E-state index in [0.717, 1.165) is 5.56 Å². The standard InChI is InChI=1S/C11H12Cl2O2/c1-11(15,4-5-14)7-8-2-3-9(12)6-10(8)13/h2-3,5-6,15H,4,7H2,1H3. The van der Waals surface area contributed by atoms with Crippen molar-refractivity contribution in [3.8, 4) is 0 Å². The highest BCUT2D eigenvalue weighted by molar-refractivity contribution is 6.35. The van der Waals surface area contributed by atoms with Crippen LogP contribution in [0, 0.1) is 0 Å². The molecule has 1 atom stereocenters. The van der Waals surface area contributed by atoms with Crippen LogP contribution in [0.15, 0.2) is 18.2 Å². The third-order valence-corrected chi connectivity index (χ3v) is 2.70. The van der Waals surface area contributed by atoms with E-state index in [0.29, 0.717) is 22.8 Å². The van der Waals surface area contributed by atoms with E-state index < -0.39 is 5.60 Å². The molecule has 15 heavy (non-hydrogen) atoms. The number of hydrogen-bond donors (Lipinski definition) is 1. The molecule has 0 fully saturated rings. The van der Waals surface area contributed by atoms with E-state index in [1.54, 1.807) is 25.1 Å². The zero-order valence-corrected chi connectivity index (χ0v) is 9.85. The highest BCUT2D eigenvalue weighted by Gasteiger charge is 2.21. The molecule has 0 aliphatic carbocycles. The number of hydrogen-bond acceptors (Lipinski definition) is 2. The van der Waals surface area contributed by atoms with Crippen LogP contribution in [0.4, 0.5) is 0 Å². The van der Waals surface area contributed by atoms with Crippen molar-refractivity contribution in [1.29, 1.82) is 0 Å². The molecule has 0 bridgehead atoms. The molecule has 2 nitrogen and oxygen atoms in total. The number of benzene rings is 1. The van der Waals surface area contributed by atoms with Gasteiger partial charge in [0, 0.05) is 22.9 Å². The Morgan fingerprint density at radius 3 is 2.67 bits per heavy atom. The molecule has 0 aliphatic heterocycles. The van der Waals surface area contributed by atoms with Gasteiger partial charge in [-0.3, -0.25) is 0 Å². The molecule has 1 rings (SSSR count). The van der Waals surface area contributed by atoms with Gasteiger partial charge in [-0.1, -0.05) is 29.3 Å². The fraction of sp³-hybridized carbons (Fsp3) is 0.364. The van der Waals surface area contributed by atoms with Gasteiger partial charge in [-0.25, -0.2) is 0 Å². The molecule has 1 aromatic carbocycles. The van der Waals surface area contributed by atoms with Crippen molar-refractivity contribution >= 4 is 29.5 Å². The van der Waals surface area contributed by atoms with Crippen molar-refractivity contribution in [2.24, 2.45) is 0 Å². The lowest BCUT2D eigenvalue weighted by atomic mass is 9.94. The minimum atomic E-state index is -1.06. The molecule has 0 heterocycles. The summed E-state index contributed by atoms with van der Waals surface area (Å²) in [7, 11) is 0. The maximum atomic E-state index is 10.3. The van der Waals surface area contributed by atoms with E-state index in [9.17, 15) is 9.90 Å². The van der Waals surface area contributed by atoms with Gasteiger partial charge in [0.15, 0.2) is 0 Å². The zero-order chi connectivity index (χ0) is 11.5. The second-order valence-corrected chi connectivity index (χ2v) is 4.62. The zero-order valence-electron chi connectivity index (χ0n) is 8.34. The van der Waals surface area contributed by atoms with E-state index in [2.05, 4.69) is 0 Å². The van der Waals surface area contributed by atoms with Gasteiger partial charge in [-0.15, -0.1) is 0 Å². The van der Waals surface area contributed by atoms with Gasteiger partial charge in [0.05, 0.1) is 5.60 Å². The Hall–Kier alpha value is -0.570. The molecule has 4 heteroatoms. The van der Waals surface area contributed by atoms with Gasteiger partial charge in [-0.2, -0.15) is 0 Å². The number of aliphatic hydroxyl groups is 1. The normalized spacial score (nSPS) is 14.7. The molecule has 0 saturated heterocycles. The fourth-order valence-corrected chi connectivity index (χ4v) is 1.80. The van der Waals surface area contributed by atoms with E-state index in [4.69, 9.17) is 23.2 Å². The van der Waals surface area contributed by atoms with Gasteiger partial charge in [0.25, 0.3) is 0 Å². The van der Waals surface area contributed by atoms with Crippen LogP contribution in [0.25, 0.3) is 0 Å². The monoisotopic (exact) mass is 246 g/mol. The number of aldehydes is 1. The minimum absolute atomic E-state index is 0.0892. The van der Waals surface area contributed by atoms with Crippen LogP contribution in [-0.4, -0.2) is 17.0 Å². The number of halogens is 2. The summed E-state index contributed by atoms with van der Waals surface area (Å²) >= 11 is 11.7. The van der Waals surface area contributed by atoms with Crippen LogP contribution in [-0.2, 0) is 11.2 Å². The summed E-state index contributed by atoms with van der Waals surface area (Å²) in [5.74, 6) is 0. The van der Waals surface area contributed by atoms with E-state index in [1.165, 1.54) is 0 Å². The van der Waals surface area contributed by atoms with Crippen molar-refractivity contribution in [3.05, 3.63) is 33.8 Å². The Morgan fingerprint density at radius 2 is 2.13 bits per heavy atom. The Kier molecular flexibility index (Phi) is 4.14. The smallest absolute Gasteiger partial charge is 0.122 e. The largest absolute Gasteiger partial charge is 0.389 e. The second kappa shape index (κ2) is 4.97. The van der Waals surface area contributed by atoms with Crippen molar-refractivity contribution in [2.75, 3.05) is 0 Å². The lowest BCUT2D eigenvalue weighted by Gasteiger charge is -2.21. The quantitative estimate of drug-likeness (QED) is 0.830. The molecule has 0 radical (unpaired) electrons. The summed E-state index contributed by atoms with van der Waals surface area (Å²) in [5.41, 5.74) is -0.271. The molecular weight excluding hydrogens is 235 g/mol. The third-order valence-electron chi connectivity index (χ3n) is 2.11. The molecule has 0 aliphatic rings. The Morgan fingerprint density at radius 1 is 1.47 bits per heavy atom. The molecule has 0 spiro atoms. The van der Waals surface area contributed by atoms with Gasteiger partial charge >= 0.3 is 0 Å². The summed E-state index contributed by atoms with van der Waals surface area (Å²) in [5, 5.41) is 10.9. The second-order valence-electron chi connectivity index (χ2n) is 3.78. The maximum absolute atomic E-state index is 10.3. The first-order valence-corrected chi connectivity index (χ1v) is 5.30. The van der Waals surface area contributed by atoms with Crippen LogP contribution < -0.4 is 0 Å². The van der Waals surface area contributed by atoms with Crippen molar-refractivity contribution in [3.63, 3.8) is 0 Å². The first-order chi connectivity index (χ1) is 6.94. The van der Waals surface area contributed by atoms with Crippen molar-refractivity contribution in [2.45, 2.75) is 25.4 Å². The first kappa shape index (κ1) is 12.5. The molecule has 0 amide bonds. The third kappa shape index (κ3) is 3.82. The lowest BCUT2D eigenvalue weighted by molar-refractivity contribution is -0.111. The Bertz CT molecular complexity index is 362. The molecule has 1 N–H and O–H groups in total. The van der Waals surface area contributed by atoms with Crippen LogP contribution >= 0.6 is 23.2 Å². The minimum Gasteiger partial charge on any atom is -0.389 e. The van der Waals surface area contributed by atoms with Crippen LogP contribution in [0.2, 0.25) is 10.0 Å². The van der Waals surface area contributed by atoms with Crippen LogP contribution in [0.3, 0.4) is 0 Å². The Labute approximate surface area is 98.8 Å². The molecule has 0 saturated carbocycles. The number of carbonyl (C=O) groups excluding carboxylic acids is 1. The van der Waals surface area contributed by atoms with Gasteiger partial charge < -0.3 is 9.90 Å². The summed E-state index contributed by atoms with van der Waals surface area (Å²) in [6.07, 6.45) is 1.12. The molecule has 1 unspecified atom stereocenters. The van der Waals surface area contributed by atoms with E-state index in [-0.39, 0.29) is 6.42 Å². The summed E-state index contributed by atoms with van der Waals surface area (Å²) < 4.78 is 0. The van der Waals surface area contributed by atoms with Crippen molar-refractivity contribution in [1.82, 2.24) is 0 Å². The first-order valence-electron chi connectivity index (χ1n) is 4.54. The number of carbonyl (C=O) groups is 1. The molecule has 82 valence electrons. The van der Waals surface area contributed by atoms with Crippen LogP contribution in [0.1, 0.15) is 18.9 Å². The summed E-state index contributed by atoms with van der Waals surface area (Å²) in [4.78, 5) is 10.3. The van der Waals surface area contributed by atoms with E-state index >= 15 is 0 Å². The highest BCUT2D eigenvalue weighted by Crippen LogP contribution is 2.25. The van der Waals surface area contributed by atoms with Gasteiger partial charge in [-0.05, 0) is 24.6 Å². The summed E-state index contributed by atoms with van der Waals surface area (Å²) in [6, 6.07) is 5.08. The van der Waals surface area contributed by atoms with Gasteiger partial charge in [0.1, 0.15) is 6.29 Å². The maximum Gasteiger partial charge on any atom is 0.122 e. The topological polar surface area (TPSA) is 37.3 Å². The Balaban J connectivity index is 2.84. The van der Waals surface area contributed by atoms with Gasteiger partial charge in [0.2, 0.25) is 0 Å². The average Bonchev–Trinajstić information content (AvgIpc) is 2.09. The molecule has 1 aromatic rings. The predicted molar refractivity (Wildman–Crippen MR) is 61.5 cm³/mol. The fourth-order valence-electron chi connectivity index (χ4n) is 1.33. The highest BCUT2D eigenvalue weighted by atomic mass is 35.5. The predicted octanol–water partition coefficient (Wildman–Crippen LogP) is 2.88. The summed E-state index contributed by atoms with van der Waals surface area (Å²) in [6.45, 7) is 1.60. The SMILES string of the molecule is CC(O)(CC=O)Cc1ccc(Cl)cc1Cl. The average molecular weight is 247 g/mol. The number of rotatable bonds is 4. The molecular formula is C11H12Cl2O2. The lowest BCUT2D eigenvalue weighted by Crippen LogP contribution is -2.27. The molecule has 0 aromatic heterocycles. The van der Waals surface area contributed by atoms with Crippen LogP contribution in [0.5, 0.6) is 0 Å².